The van der Waals surface area contributed by atoms with Gasteiger partial charge in [-0.3, -0.25) is 0 Å². The molecule has 1 atom stereocenters. The predicted octanol–water partition coefficient (Wildman–Crippen LogP) is 4.20. The Bertz CT molecular complexity index is 595. The number of benzene rings is 2. The third kappa shape index (κ3) is 3.15. The lowest BCUT2D eigenvalue weighted by molar-refractivity contribution is 0.360. The number of fused-ring (bicyclic) bond motifs is 1. The van der Waals surface area contributed by atoms with Crippen LogP contribution in [0.1, 0.15) is 32.4 Å². The van der Waals surface area contributed by atoms with Gasteiger partial charge in [0.1, 0.15) is 12.4 Å². The molecule has 0 aliphatic carbocycles. The number of ether oxygens (including phenoxy) is 1. The van der Waals surface area contributed by atoms with Crippen LogP contribution in [0.5, 0.6) is 5.75 Å². The Morgan fingerprint density at radius 3 is 2.63 bits per heavy atom. The first-order valence-corrected chi connectivity index (χ1v) is 6.63. The minimum atomic E-state index is -0.0358. The highest BCUT2D eigenvalue weighted by Gasteiger charge is 2.11. The van der Waals surface area contributed by atoms with Crippen LogP contribution in [0.15, 0.2) is 48.0 Å². The highest BCUT2D eigenvalue weighted by molar-refractivity contribution is 5.89. The second-order valence-corrected chi connectivity index (χ2v) is 5.09. The molecular formula is C17H21NO. The minimum Gasteiger partial charge on any atom is -0.489 e. The van der Waals surface area contributed by atoms with E-state index in [2.05, 4.69) is 44.2 Å². The first-order chi connectivity index (χ1) is 9.09. The molecule has 0 fully saturated rings. The lowest BCUT2D eigenvalue weighted by Crippen LogP contribution is -2.08. The number of rotatable bonds is 4. The van der Waals surface area contributed by atoms with Crippen molar-refractivity contribution in [3.63, 3.8) is 0 Å². The van der Waals surface area contributed by atoms with E-state index in [1.165, 1.54) is 11.0 Å². The molecule has 0 saturated carbocycles. The fourth-order valence-electron chi connectivity index (χ4n) is 2.07. The molecule has 19 heavy (non-hydrogen) atoms. The number of hydrogen-bond acceptors (Lipinski definition) is 2. The highest BCUT2D eigenvalue weighted by atomic mass is 16.5. The van der Waals surface area contributed by atoms with Crippen molar-refractivity contribution in [2.24, 2.45) is 5.73 Å². The van der Waals surface area contributed by atoms with Crippen molar-refractivity contribution in [2.75, 3.05) is 6.61 Å². The molecule has 0 unspecified atom stereocenters. The maximum absolute atomic E-state index is 6.04. The van der Waals surface area contributed by atoms with Gasteiger partial charge in [0.15, 0.2) is 0 Å². The summed E-state index contributed by atoms with van der Waals surface area (Å²) in [6.07, 6.45) is 2.08. The maximum Gasteiger partial charge on any atom is 0.132 e. The topological polar surface area (TPSA) is 35.2 Å². The summed E-state index contributed by atoms with van der Waals surface area (Å²) in [5.74, 6) is 0.908. The van der Waals surface area contributed by atoms with Gasteiger partial charge in [-0.25, -0.2) is 0 Å². The molecule has 0 aliphatic heterocycles. The van der Waals surface area contributed by atoms with Crippen LogP contribution < -0.4 is 10.5 Å². The van der Waals surface area contributed by atoms with Crippen molar-refractivity contribution < 1.29 is 4.74 Å². The van der Waals surface area contributed by atoms with Crippen LogP contribution in [0.4, 0.5) is 0 Å². The van der Waals surface area contributed by atoms with Gasteiger partial charge in [-0.2, -0.15) is 0 Å². The monoisotopic (exact) mass is 255 g/mol. The van der Waals surface area contributed by atoms with Crippen molar-refractivity contribution >= 4 is 10.8 Å². The van der Waals surface area contributed by atoms with Crippen LogP contribution in [0.3, 0.4) is 0 Å². The second kappa shape index (κ2) is 5.89. The van der Waals surface area contributed by atoms with Crippen LogP contribution in [-0.4, -0.2) is 6.61 Å². The van der Waals surface area contributed by atoms with Crippen LogP contribution >= 0.6 is 0 Å². The normalized spacial score (nSPS) is 12.2. The molecule has 2 rings (SSSR count). The molecule has 2 aromatic carbocycles. The van der Waals surface area contributed by atoms with Gasteiger partial charge in [-0.05, 0) is 32.2 Å². The number of nitrogens with two attached hydrogens (primary N) is 1. The Morgan fingerprint density at radius 2 is 1.95 bits per heavy atom. The molecular weight excluding hydrogens is 234 g/mol. The zero-order valence-corrected chi connectivity index (χ0v) is 11.8. The van der Waals surface area contributed by atoms with E-state index < -0.39 is 0 Å². The summed E-state index contributed by atoms with van der Waals surface area (Å²) in [7, 11) is 0. The van der Waals surface area contributed by atoms with E-state index in [-0.39, 0.29) is 6.04 Å². The van der Waals surface area contributed by atoms with Crippen molar-refractivity contribution in [1.29, 1.82) is 0 Å². The van der Waals surface area contributed by atoms with Crippen LogP contribution in [0.2, 0.25) is 0 Å². The molecule has 2 nitrogen and oxygen atoms in total. The fraction of sp³-hybridized carbons (Fsp3) is 0.294. The Morgan fingerprint density at radius 1 is 1.21 bits per heavy atom. The molecule has 0 heterocycles. The van der Waals surface area contributed by atoms with E-state index in [4.69, 9.17) is 10.5 Å². The molecule has 0 spiro atoms. The minimum absolute atomic E-state index is 0.0358. The lowest BCUT2D eigenvalue weighted by atomic mass is 10.0. The number of allylic oxidation sites excluding steroid dienone is 1. The summed E-state index contributed by atoms with van der Waals surface area (Å²) in [5.41, 5.74) is 8.35. The van der Waals surface area contributed by atoms with Gasteiger partial charge in [0.25, 0.3) is 0 Å². The van der Waals surface area contributed by atoms with Crippen molar-refractivity contribution in [3.8, 4) is 5.75 Å². The third-order valence-electron chi connectivity index (χ3n) is 3.12. The standard InChI is InChI=1S/C17H21NO/c1-12(2)10-11-19-17-15(13(3)18)9-8-14-6-4-5-7-16(14)17/h4-10,13H,11,18H2,1-3H3/t13-/m0/s1. The van der Waals surface area contributed by atoms with Crippen LogP contribution in [-0.2, 0) is 0 Å². The summed E-state index contributed by atoms with van der Waals surface area (Å²) in [4.78, 5) is 0. The average molecular weight is 255 g/mol. The maximum atomic E-state index is 6.04. The van der Waals surface area contributed by atoms with Gasteiger partial charge in [0, 0.05) is 17.0 Å². The van der Waals surface area contributed by atoms with Gasteiger partial charge >= 0.3 is 0 Å². The van der Waals surface area contributed by atoms with Crippen molar-refractivity contribution in [1.82, 2.24) is 0 Å². The Labute approximate surface area is 114 Å². The summed E-state index contributed by atoms with van der Waals surface area (Å²) in [6.45, 7) is 6.70. The second-order valence-electron chi connectivity index (χ2n) is 5.09. The van der Waals surface area contributed by atoms with E-state index in [1.807, 2.05) is 19.1 Å². The summed E-state index contributed by atoms with van der Waals surface area (Å²) < 4.78 is 5.97. The first kappa shape index (κ1) is 13.6. The van der Waals surface area contributed by atoms with E-state index in [0.717, 1.165) is 16.7 Å². The molecule has 2 aromatic rings. The molecule has 2 heteroatoms. The van der Waals surface area contributed by atoms with Gasteiger partial charge < -0.3 is 10.5 Å². The first-order valence-electron chi connectivity index (χ1n) is 6.63. The van der Waals surface area contributed by atoms with Crippen LogP contribution in [0.25, 0.3) is 10.8 Å². The van der Waals surface area contributed by atoms with Gasteiger partial charge in [-0.15, -0.1) is 0 Å². The predicted molar refractivity (Wildman–Crippen MR) is 81.5 cm³/mol. The highest BCUT2D eigenvalue weighted by Crippen LogP contribution is 2.32. The van der Waals surface area contributed by atoms with E-state index in [0.29, 0.717) is 6.61 Å². The molecule has 0 bridgehead atoms. The van der Waals surface area contributed by atoms with E-state index in [9.17, 15) is 0 Å². The number of hydrogen-bond donors (Lipinski definition) is 1. The van der Waals surface area contributed by atoms with E-state index in [1.54, 1.807) is 0 Å². The SMILES string of the molecule is CC(C)=CCOc1c([C@H](C)N)ccc2ccccc12. The summed E-state index contributed by atoms with van der Waals surface area (Å²) in [6, 6.07) is 12.4. The quantitative estimate of drug-likeness (QED) is 0.831. The molecule has 0 aliphatic rings. The molecule has 0 aromatic heterocycles. The van der Waals surface area contributed by atoms with E-state index >= 15 is 0 Å². The van der Waals surface area contributed by atoms with Crippen molar-refractivity contribution in [3.05, 3.63) is 53.6 Å². The Hall–Kier alpha value is -1.80. The molecule has 0 saturated heterocycles. The Balaban J connectivity index is 2.46. The van der Waals surface area contributed by atoms with Gasteiger partial charge in [-0.1, -0.05) is 42.0 Å². The summed E-state index contributed by atoms with van der Waals surface area (Å²) in [5, 5.41) is 2.30. The van der Waals surface area contributed by atoms with Crippen molar-refractivity contribution in [2.45, 2.75) is 26.8 Å². The van der Waals surface area contributed by atoms with Crippen LogP contribution in [0, 0.1) is 0 Å². The smallest absolute Gasteiger partial charge is 0.132 e. The molecule has 0 amide bonds. The van der Waals surface area contributed by atoms with Gasteiger partial charge in [0.2, 0.25) is 0 Å². The zero-order chi connectivity index (χ0) is 13.8. The Kier molecular flexibility index (Phi) is 4.23. The largest absolute Gasteiger partial charge is 0.489 e. The average Bonchev–Trinajstić information content (AvgIpc) is 2.38. The zero-order valence-electron chi connectivity index (χ0n) is 11.8. The molecule has 0 radical (unpaired) electrons. The fourth-order valence-corrected chi connectivity index (χ4v) is 2.07. The lowest BCUT2D eigenvalue weighted by Gasteiger charge is -2.16. The third-order valence-corrected chi connectivity index (χ3v) is 3.12. The summed E-state index contributed by atoms with van der Waals surface area (Å²) >= 11 is 0. The van der Waals surface area contributed by atoms with Gasteiger partial charge in [0.05, 0.1) is 0 Å². The molecule has 2 N–H and O–H groups in total. The molecule has 100 valence electrons.